The van der Waals surface area contributed by atoms with Crippen molar-refractivity contribution in [2.45, 2.75) is 37.5 Å². The van der Waals surface area contributed by atoms with Crippen molar-refractivity contribution in [1.29, 1.82) is 0 Å². The molecule has 1 aromatic rings. The number of halogens is 1. The predicted octanol–water partition coefficient (Wildman–Crippen LogP) is 0.547. The lowest BCUT2D eigenvalue weighted by molar-refractivity contribution is 0.0216. The number of hydrogen-bond acceptors (Lipinski definition) is 4. The van der Waals surface area contributed by atoms with Crippen LogP contribution in [0.5, 0.6) is 0 Å². The molecule has 4 nitrogen and oxygen atoms in total. The molecule has 5 heteroatoms. The summed E-state index contributed by atoms with van der Waals surface area (Å²) in [6.07, 6.45) is 1.10. The summed E-state index contributed by atoms with van der Waals surface area (Å²) in [5, 5.41) is 28.5. The zero-order valence-corrected chi connectivity index (χ0v) is 11.5. The van der Waals surface area contributed by atoms with Crippen molar-refractivity contribution in [3.8, 4) is 0 Å². The van der Waals surface area contributed by atoms with Gasteiger partial charge in [0.1, 0.15) is 5.82 Å². The standard InChI is InChI=1S/C15H22FNO3/c16-12-6-4-11(5-7-12)3-1-2-8-17-9-14(19)15(20)13(17)10-18/h4-7,13-15,18-20H,1-3,8-10H2/t13-,14-,15-/m1/s1. The fraction of sp³-hybridized carbons (Fsp3) is 0.600. The van der Waals surface area contributed by atoms with E-state index in [4.69, 9.17) is 0 Å². The largest absolute Gasteiger partial charge is 0.395 e. The maximum absolute atomic E-state index is 12.8. The molecule has 112 valence electrons. The molecule has 0 radical (unpaired) electrons. The van der Waals surface area contributed by atoms with Crippen LogP contribution in [0.4, 0.5) is 4.39 Å². The number of likely N-dealkylation sites (tertiary alicyclic amines) is 1. The summed E-state index contributed by atoms with van der Waals surface area (Å²) in [6.45, 7) is 1.000. The molecule has 3 N–H and O–H groups in total. The van der Waals surface area contributed by atoms with Crippen molar-refractivity contribution in [1.82, 2.24) is 4.90 Å². The quantitative estimate of drug-likeness (QED) is 0.667. The number of rotatable bonds is 6. The Bertz CT molecular complexity index is 412. The van der Waals surface area contributed by atoms with Gasteiger partial charge in [0.05, 0.1) is 24.9 Å². The number of nitrogens with zero attached hydrogens (tertiary/aromatic N) is 1. The van der Waals surface area contributed by atoms with E-state index in [0.29, 0.717) is 6.54 Å². The third kappa shape index (κ3) is 3.76. The molecule has 0 spiro atoms. The Morgan fingerprint density at radius 2 is 1.85 bits per heavy atom. The average molecular weight is 283 g/mol. The third-order valence-electron chi connectivity index (χ3n) is 3.94. The van der Waals surface area contributed by atoms with E-state index in [1.807, 2.05) is 4.90 Å². The minimum atomic E-state index is -0.864. The van der Waals surface area contributed by atoms with Crippen LogP contribution in [-0.2, 0) is 6.42 Å². The molecule has 1 saturated heterocycles. The SMILES string of the molecule is OC[C@@H]1[C@@H](O)[C@H](O)CN1CCCCc1ccc(F)cc1. The number of aliphatic hydroxyl groups is 3. The first-order valence-corrected chi connectivity index (χ1v) is 7.07. The van der Waals surface area contributed by atoms with Crippen LogP contribution in [0.15, 0.2) is 24.3 Å². The van der Waals surface area contributed by atoms with Gasteiger partial charge >= 0.3 is 0 Å². The monoisotopic (exact) mass is 283 g/mol. The highest BCUT2D eigenvalue weighted by atomic mass is 19.1. The Hall–Kier alpha value is -1.01. The van der Waals surface area contributed by atoms with Gasteiger partial charge in [-0.15, -0.1) is 0 Å². The van der Waals surface area contributed by atoms with E-state index in [2.05, 4.69) is 0 Å². The highest BCUT2D eigenvalue weighted by molar-refractivity contribution is 5.15. The lowest BCUT2D eigenvalue weighted by atomic mass is 10.1. The van der Waals surface area contributed by atoms with Crippen LogP contribution < -0.4 is 0 Å². The molecule has 1 aromatic carbocycles. The summed E-state index contributed by atoms with van der Waals surface area (Å²) in [4.78, 5) is 1.93. The summed E-state index contributed by atoms with van der Waals surface area (Å²) in [5.74, 6) is -0.223. The van der Waals surface area contributed by atoms with Crippen LogP contribution in [0.3, 0.4) is 0 Å². The van der Waals surface area contributed by atoms with E-state index in [9.17, 15) is 19.7 Å². The van der Waals surface area contributed by atoms with Gasteiger partial charge in [-0.25, -0.2) is 4.39 Å². The minimum absolute atomic E-state index is 0.143. The van der Waals surface area contributed by atoms with Gasteiger partial charge in [0.15, 0.2) is 0 Å². The number of β-amino-alcohol motifs (C(OH)–C–C–N with tert-alkyl or cyclic N) is 1. The van der Waals surface area contributed by atoms with Crippen molar-refractivity contribution >= 4 is 0 Å². The van der Waals surface area contributed by atoms with Crippen LogP contribution in [0.2, 0.25) is 0 Å². The summed E-state index contributed by atoms with van der Waals surface area (Å²) in [7, 11) is 0. The smallest absolute Gasteiger partial charge is 0.123 e. The first-order chi connectivity index (χ1) is 9.61. The molecule has 0 saturated carbocycles. The lowest BCUT2D eigenvalue weighted by Crippen LogP contribution is -2.39. The van der Waals surface area contributed by atoms with Gasteiger partial charge in [0, 0.05) is 6.54 Å². The molecule has 0 bridgehead atoms. The van der Waals surface area contributed by atoms with E-state index >= 15 is 0 Å². The zero-order chi connectivity index (χ0) is 14.5. The summed E-state index contributed by atoms with van der Waals surface area (Å²) < 4.78 is 12.8. The maximum atomic E-state index is 12.8. The molecule has 1 fully saturated rings. The lowest BCUT2D eigenvalue weighted by Gasteiger charge is -2.23. The van der Waals surface area contributed by atoms with E-state index in [-0.39, 0.29) is 18.5 Å². The van der Waals surface area contributed by atoms with Crippen molar-refractivity contribution in [2.75, 3.05) is 19.7 Å². The van der Waals surface area contributed by atoms with Crippen molar-refractivity contribution in [3.05, 3.63) is 35.6 Å². The Balaban J connectivity index is 1.72. The van der Waals surface area contributed by atoms with Crippen molar-refractivity contribution in [3.63, 3.8) is 0 Å². The number of hydrogen-bond donors (Lipinski definition) is 3. The first-order valence-electron chi connectivity index (χ1n) is 7.07. The number of aryl methyl sites for hydroxylation is 1. The highest BCUT2D eigenvalue weighted by Gasteiger charge is 2.38. The molecule has 3 atom stereocenters. The van der Waals surface area contributed by atoms with Crippen LogP contribution in [0.1, 0.15) is 18.4 Å². The molecule has 1 aliphatic rings. The summed E-state index contributed by atoms with van der Waals surface area (Å²) in [6, 6.07) is 6.13. The number of unbranched alkanes of at least 4 members (excludes halogenated alkanes) is 1. The van der Waals surface area contributed by atoms with Gasteiger partial charge < -0.3 is 15.3 Å². The number of benzene rings is 1. The van der Waals surface area contributed by atoms with E-state index in [1.54, 1.807) is 12.1 Å². The summed E-state index contributed by atoms with van der Waals surface area (Å²) >= 11 is 0. The normalized spacial score (nSPS) is 27.1. The van der Waals surface area contributed by atoms with Gasteiger partial charge in [-0.3, -0.25) is 4.90 Å². The molecule has 2 rings (SSSR count). The molecule has 0 aliphatic carbocycles. The molecular weight excluding hydrogens is 261 g/mol. The molecule has 0 unspecified atom stereocenters. The van der Waals surface area contributed by atoms with Crippen LogP contribution >= 0.6 is 0 Å². The van der Waals surface area contributed by atoms with Gasteiger partial charge in [-0.05, 0) is 43.5 Å². The Labute approximate surface area is 118 Å². The second kappa shape index (κ2) is 7.13. The van der Waals surface area contributed by atoms with Crippen molar-refractivity contribution in [2.24, 2.45) is 0 Å². The Morgan fingerprint density at radius 3 is 2.50 bits per heavy atom. The average Bonchev–Trinajstić information content (AvgIpc) is 2.72. The van der Waals surface area contributed by atoms with Crippen LogP contribution in [0, 0.1) is 5.82 Å². The second-order valence-electron chi connectivity index (χ2n) is 5.39. The van der Waals surface area contributed by atoms with E-state index in [0.717, 1.165) is 31.4 Å². The Kier molecular flexibility index (Phi) is 5.48. The molecule has 0 amide bonds. The van der Waals surface area contributed by atoms with Gasteiger partial charge in [-0.1, -0.05) is 12.1 Å². The van der Waals surface area contributed by atoms with Crippen molar-refractivity contribution < 1.29 is 19.7 Å². The summed E-state index contributed by atoms with van der Waals surface area (Å²) in [5.41, 5.74) is 1.10. The van der Waals surface area contributed by atoms with Gasteiger partial charge in [0.2, 0.25) is 0 Å². The fourth-order valence-electron chi connectivity index (χ4n) is 2.73. The van der Waals surface area contributed by atoms with Gasteiger partial charge in [-0.2, -0.15) is 0 Å². The van der Waals surface area contributed by atoms with E-state index < -0.39 is 12.2 Å². The van der Waals surface area contributed by atoms with Crippen LogP contribution in [0.25, 0.3) is 0 Å². The highest BCUT2D eigenvalue weighted by Crippen LogP contribution is 2.19. The van der Waals surface area contributed by atoms with Gasteiger partial charge in [0.25, 0.3) is 0 Å². The molecule has 20 heavy (non-hydrogen) atoms. The Morgan fingerprint density at radius 1 is 1.15 bits per heavy atom. The second-order valence-corrected chi connectivity index (χ2v) is 5.39. The molecule has 1 aliphatic heterocycles. The molecule has 1 heterocycles. The minimum Gasteiger partial charge on any atom is -0.395 e. The number of aliphatic hydroxyl groups excluding tert-OH is 3. The van der Waals surface area contributed by atoms with E-state index in [1.165, 1.54) is 12.1 Å². The molecule has 0 aromatic heterocycles. The predicted molar refractivity (Wildman–Crippen MR) is 73.8 cm³/mol. The third-order valence-corrected chi connectivity index (χ3v) is 3.94. The molecular formula is C15H22FNO3. The first kappa shape index (κ1) is 15.4. The fourth-order valence-corrected chi connectivity index (χ4v) is 2.73. The van der Waals surface area contributed by atoms with Crippen LogP contribution in [-0.4, -0.2) is 58.2 Å². The topological polar surface area (TPSA) is 63.9 Å². The maximum Gasteiger partial charge on any atom is 0.123 e. The zero-order valence-electron chi connectivity index (χ0n) is 11.5.